The van der Waals surface area contributed by atoms with Crippen LogP contribution in [-0.4, -0.2) is 64.3 Å². The summed E-state index contributed by atoms with van der Waals surface area (Å²) >= 11 is 0. The second kappa shape index (κ2) is 10.0. The molecule has 0 aliphatic carbocycles. The van der Waals surface area contributed by atoms with E-state index in [2.05, 4.69) is 5.32 Å². The van der Waals surface area contributed by atoms with Crippen LogP contribution >= 0.6 is 0 Å². The highest BCUT2D eigenvalue weighted by atomic mass is 16.7. The molecule has 2 aromatic carbocycles. The van der Waals surface area contributed by atoms with Gasteiger partial charge in [0.2, 0.25) is 12.2 Å². The fraction of sp³-hybridized carbons (Fsp3) is 0.391. The Hall–Kier alpha value is -2.78. The smallest absolute Gasteiger partial charge is 0.223 e. The van der Waals surface area contributed by atoms with Crippen LogP contribution in [0.25, 0.3) is 11.1 Å². The highest BCUT2D eigenvalue weighted by molar-refractivity contribution is 5.97. The van der Waals surface area contributed by atoms with Crippen molar-refractivity contribution < 1.29 is 34.4 Å². The Morgan fingerprint density at radius 2 is 1.84 bits per heavy atom. The van der Waals surface area contributed by atoms with E-state index in [1.807, 2.05) is 18.2 Å². The SMILES string of the molecule is CCC(=O)c1cccc(-c2ccccc2O[C@@H]2O[C@H](CO)[C@H](O)[C@H](O)[C@H]2NC(C)=O)c1. The summed E-state index contributed by atoms with van der Waals surface area (Å²) in [7, 11) is 0. The minimum absolute atomic E-state index is 0.0180. The summed E-state index contributed by atoms with van der Waals surface area (Å²) in [6.45, 7) is 2.54. The molecule has 8 heteroatoms. The van der Waals surface area contributed by atoms with Gasteiger partial charge in [-0.25, -0.2) is 0 Å². The molecule has 1 aliphatic rings. The van der Waals surface area contributed by atoms with Crippen molar-refractivity contribution in [2.24, 2.45) is 0 Å². The van der Waals surface area contributed by atoms with Crippen LogP contribution in [-0.2, 0) is 9.53 Å². The summed E-state index contributed by atoms with van der Waals surface area (Å²) < 4.78 is 11.7. The molecule has 0 aromatic heterocycles. The summed E-state index contributed by atoms with van der Waals surface area (Å²) in [5.41, 5.74) is 2.01. The average Bonchev–Trinajstić information content (AvgIpc) is 2.78. The van der Waals surface area contributed by atoms with E-state index in [1.165, 1.54) is 6.92 Å². The zero-order chi connectivity index (χ0) is 22.5. The topological polar surface area (TPSA) is 125 Å². The molecule has 1 aliphatic heterocycles. The van der Waals surface area contributed by atoms with E-state index < -0.39 is 43.2 Å². The third-order valence-corrected chi connectivity index (χ3v) is 5.20. The van der Waals surface area contributed by atoms with Crippen molar-refractivity contribution in [1.29, 1.82) is 0 Å². The van der Waals surface area contributed by atoms with Crippen LogP contribution in [0.3, 0.4) is 0 Å². The van der Waals surface area contributed by atoms with Crippen molar-refractivity contribution in [3.05, 3.63) is 54.1 Å². The van der Waals surface area contributed by atoms with Gasteiger partial charge in [-0.15, -0.1) is 0 Å². The highest BCUT2D eigenvalue weighted by Crippen LogP contribution is 2.33. The first-order valence-electron chi connectivity index (χ1n) is 10.1. The maximum absolute atomic E-state index is 12.1. The van der Waals surface area contributed by atoms with E-state index in [9.17, 15) is 24.9 Å². The first-order valence-corrected chi connectivity index (χ1v) is 10.1. The number of carbonyl (C=O) groups excluding carboxylic acids is 2. The standard InChI is InChI=1S/C23H27NO7/c1-3-17(27)15-8-6-7-14(11-15)16-9-4-5-10-18(16)30-23-20(24-13(2)26)22(29)21(28)19(12-25)31-23/h4-11,19-23,25,28-29H,3,12H2,1-2H3,(H,24,26)/t19-,20-,21+,22-,23-/m1/s1. The normalized spacial score (nSPS) is 25.6. The Morgan fingerprint density at radius 3 is 2.52 bits per heavy atom. The molecule has 31 heavy (non-hydrogen) atoms. The molecular formula is C23H27NO7. The molecule has 4 N–H and O–H groups in total. The molecule has 2 aromatic rings. The van der Waals surface area contributed by atoms with Gasteiger partial charge < -0.3 is 30.1 Å². The number of benzene rings is 2. The van der Waals surface area contributed by atoms with Crippen LogP contribution in [0.15, 0.2) is 48.5 Å². The van der Waals surface area contributed by atoms with Crippen molar-refractivity contribution in [2.75, 3.05) is 6.61 Å². The van der Waals surface area contributed by atoms with Crippen LogP contribution in [0, 0.1) is 0 Å². The van der Waals surface area contributed by atoms with Crippen LogP contribution < -0.4 is 10.1 Å². The summed E-state index contributed by atoms with van der Waals surface area (Å²) in [5, 5.41) is 32.7. The van der Waals surface area contributed by atoms with Gasteiger partial charge in [-0.2, -0.15) is 0 Å². The molecule has 5 atom stereocenters. The zero-order valence-electron chi connectivity index (χ0n) is 17.4. The number of ketones is 1. The van der Waals surface area contributed by atoms with Crippen LogP contribution in [0.5, 0.6) is 5.75 Å². The average molecular weight is 429 g/mol. The summed E-state index contributed by atoms with van der Waals surface area (Å²) in [4.78, 5) is 23.7. The molecule has 1 heterocycles. The molecule has 0 bridgehead atoms. The fourth-order valence-corrected chi connectivity index (χ4v) is 3.57. The Labute approximate surface area is 180 Å². The number of nitrogens with one attached hydrogen (secondary N) is 1. The number of Topliss-reactive ketones (excluding diaryl/α,β-unsaturated/α-hetero) is 1. The number of hydrogen-bond acceptors (Lipinski definition) is 7. The van der Waals surface area contributed by atoms with E-state index in [4.69, 9.17) is 9.47 Å². The molecule has 3 rings (SSSR count). The lowest BCUT2D eigenvalue weighted by molar-refractivity contribution is -0.244. The maximum Gasteiger partial charge on any atom is 0.223 e. The number of rotatable bonds is 7. The minimum Gasteiger partial charge on any atom is -0.462 e. The maximum atomic E-state index is 12.1. The lowest BCUT2D eigenvalue weighted by Gasteiger charge is -2.42. The van der Waals surface area contributed by atoms with Gasteiger partial charge in [-0.1, -0.05) is 43.3 Å². The van der Waals surface area contributed by atoms with Gasteiger partial charge >= 0.3 is 0 Å². The number of ether oxygens (including phenoxy) is 2. The number of amides is 1. The zero-order valence-corrected chi connectivity index (χ0v) is 17.4. The summed E-state index contributed by atoms with van der Waals surface area (Å²) in [6.07, 6.45) is -4.66. The molecule has 1 amide bonds. The second-order valence-corrected chi connectivity index (χ2v) is 7.40. The van der Waals surface area contributed by atoms with Gasteiger partial charge in [0.15, 0.2) is 5.78 Å². The number of para-hydroxylation sites is 1. The van der Waals surface area contributed by atoms with Gasteiger partial charge in [-0.3, -0.25) is 9.59 Å². The Morgan fingerprint density at radius 1 is 1.10 bits per heavy atom. The Bertz CT molecular complexity index is 932. The number of aliphatic hydroxyl groups excluding tert-OH is 3. The molecule has 166 valence electrons. The molecule has 8 nitrogen and oxygen atoms in total. The van der Waals surface area contributed by atoms with Gasteiger partial charge in [0.05, 0.1) is 6.61 Å². The predicted molar refractivity (Wildman–Crippen MR) is 112 cm³/mol. The molecule has 0 spiro atoms. The van der Waals surface area contributed by atoms with E-state index in [0.717, 1.165) is 5.56 Å². The Balaban J connectivity index is 1.95. The fourth-order valence-electron chi connectivity index (χ4n) is 3.57. The summed E-state index contributed by atoms with van der Waals surface area (Å²) in [5.74, 6) is -0.0244. The number of carbonyl (C=O) groups is 2. The first-order chi connectivity index (χ1) is 14.8. The third-order valence-electron chi connectivity index (χ3n) is 5.20. The van der Waals surface area contributed by atoms with Gasteiger partial charge in [0, 0.05) is 24.5 Å². The molecule has 0 radical (unpaired) electrons. The van der Waals surface area contributed by atoms with Gasteiger partial charge in [-0.05, 0) is 17.7 Å². The first kappa shape index (κ1) is 22.9. The van der Waals surface area contributed by atoms with E-state index in [0.29, 0.717) is 23.3 Å². The van der Waals surface area contributed by atoms with Gasteiger partial charge in [0.1, 0.15) is 30.1 Å². The lowest BCUT2D eigenvalue weighted by atomic mass is 9.96. The van der Waals surface area contributed by atoms with Crippen molar-refractivity contribution in [1.82, 2.24) is 5.32 Å². The molecule has 0 saturated carbocycles. The predicted octanol–water partition coefficient (Wildman–Crippen LogP) is 1.27. The molecule has 1 saturated heterocycles. The second-order valence-electron chi connectivity index (χ2n) is 7.40. The molecule has 1 fully saturated rings. The lowest BCUT2D eigenvalue weighted by Crippen LogP contribution is -2.65. The van der Waals surface area contributed by atoms with E-state index in [1.54, 1.807) is 37.3 Å². The largest absolute Gasteiger partial charge is 0.462 e. The molecule has 0 unspecified atom stereocenters. The van der Waals surface area contributed by atoms with Crippen molar-refractivity contribution in [3.8, 4) is 16.9 Å². The van der Waals surface area contributed by atoms with E-state index in [-0.39, 0.29) is 5.78 Å². The third kappa shape index (κ3) is 5.11. The van der Waals surface area contributed by atoms with Crippen LogP contribution in [0.2, 0.25) is 0 Å². The number of aliphatic hydroxyl groups is 3. The minimum atomic E-state index is -1.41. The van der Waals surface area contributed by atoms with Crippen molar-refractivity contribution >= 4 is 11.7 Å². The molecular weight excluding hydrogens is 402 g/mol. The monoisotopic (exact) mass is 429 g/mol. The van der Waals surface area contributed by atoms with Crippen molar-refractivity contribution in [2.45, 2.75) is 50.9 Å². The van der Waals surface area contributed by atoms with E-state index >= 15 is 0 Å². The van der Waals surface area contributed by atoms with Crippen molar-refractivity contribution in [3.63, 3.8) is 0 Å². The quantitative estimate of drug-likeness (QED) is 0.489. The highest BCUT2D eigenvalue weighted by Gasteiger charge is 2.46. The van der Waals surface area contributed by atoms with Gasteiger partial charge in [0.25, 0.3) is 0 Å². The Kier molecular flexibility index (Phi) is 7.40. The summed E-state index contributed by atoms with van der Waals surface area (Å²) in [6, 6.07) is 13.2. The van der Waals surface area contributed by atoms with Crippen LogP contribution in [0.1, 0.15) is 30.6 Å². The van der Waals surface area contributed by atoms with Crippen LogP contribution in [0.4, 0.5) is 0 Å². The number of hydrogen-bond donors (Lipinski definition) is 4.